The molecule has 4 fully saturated rings. The maximum Gasteiger partial charge on any atom is 0.530 e. The van der Waals surface area contributed by atoms with E-state index in [2.05, 4.69) is 0 Å². The van der Waals surface area contributed by atoms with Gasteiger partial charge in [-0.1, -0.05) is 11.6 Å². The van der Waals surface area contributed by atoms with Crippen molar-refractivity contribution in [3.05, 3.63) is 34.4 Å². The van der Waals surface area contributed by atoms with Crippen LogP contribution in [0.25, 0.3) is 5.76 Å². The van der Waals surface area contributed by atoms with Crippen molar-refractivity contribution in [3.63, 3.8) is 0 Å². The fourth-order valence-corrected chi connectivity index (χ4v) is 7.80. The van der Waals surface area contributed by atoms with Gasteiger partial charge in [0.25, 0.3) is 0 Å². The zero-order valence-electron chi connectivity index (χ0n) is 19.0. The molecule has 0 spiro atoms. The lowest BCUT2D eigenvalue weighted by atomic mass is 9.53. The highest BCUT2D eigenvalue weighted by Gasteiger charge is 2.53. The van der Waals surface area contributed by atoms with Gasteiger partial charge < -0.3 is 9.26 Å². The average Bonchev–Trinajstić information content (AvgIpc) is 2.77. The second kappa shape index (κ2) is 10.5. The molecule has 10 heteroatoms. The Morgan fingerprint density at radius 1 is 1.12 bits per heavy atom. The number of methoxy groups -OCH3 is 1. The van der Waals surface area contributed by atoms with E-state index in [9.17, 15) is 4.57 Å². The minimum absolute atomic E-state index is 0.00842. The third-order valence-electron chi connectivity index (χ3n) is 6.79. The van der Waals surface area contributed by atoms with E-state index in [0.29, 0.717) is 17.8 Å². The van der Waals surface area contributed by atoms with E-state index in [4.69, 9.17) is 52.0 Å². The molecule has 0 aliphatic heterocycles. The number of benzene rings is 1. The smallest absolute Gasteiger partial charge is 0.496 e. The Morgan fingerprint density at radius 2 is 1.74 bits per heavy atom. The molecule has 0 aromatic heterocycles. The maximum absolute atomic E-state index is 13.2. The quantitative estimate of drug-likeness (QED) is 0.142. The second-order valence-corrected chi connectivity index (χ2v) is 12.0. The van der Waals surface area contributed by atoms with E-state index < -0.39 is 7.82 Å². The molecule has 4 bridgehead atoms. The summed E-state index contributed by atoms with van der Waals surface area (Å²) in [6.45, 7) is -0.286. The van der Waals surface area contributed by atoms with Crippen molar-refractivity contribution in [1.29, 1.82) is 10.5 Å². The molecule has 4 aliphatic carbocycles. The maximum atomic E-state index is 13.2. The van der Waals surface area contributed by atoms with E-state index >= 15 is 0 Å². The molecule has 5 rings (SSSR count). The van der Waals surface area contributed by atoms with Crippen LogP contribution in [0.5, 0.6) is 5.75 Å². The van der Waals surface area contributed by atoms with Gasteiger partial charge in [-0.3, -0.25) is 9.05 Å². The normalized spacial score (nSPS) is 27.2. The summed E-state index contributed by atoms with van der Waals surface area (Å²) in [5, 5.41) is 17.8. The third kappa shape index (κ3) is 5.40. The molecule has 7 nitrogen and oxygen atoms in total. The molecule has 2 atom stereocenters. The summed E-state index contributed by atoms with van der Waals surface area (Å²) in [7, 11) is -2.46. The van der Waals surface area contributed by atoms with Gasteiger partial charge >= 0.3 is 7.82 Å². The highest BCUT2D eigenvalue weighted by molar-refractivity contribution is 7.48. The number of halogens is 2. The molecule has 182 valence electrons. The van der Waals surface area contributed by atoms with Crippen LogP contribution in [0.4, 0.5) is 0 Å². The molecule has 0 amide bonds. The lowest BCUT2D eigenvalue weighted by Gasteiger charge is -2.55. The van der Waals surface area contributed by atoms with Gasteiger partial charge in [-0.15, -0.1) is 11.6 Å². The Kier molecular flexibility index (Phi) is 7.82. The molecule has 0 N–H and O–H groups in total. The number of allylic oxidation sites excluding steroid dienone is 1. The SMILES string of the molecule is COC(=C1C2CC3CC1CC(Cl)(C3)C2)c1ccc(Cl)c(OP(=O)(OCCC#N)OCCC#N)c1. The minimum Gasteiger partial charge on any atom is -0.496 e. The monoisotopic (exact) mass is 524 g/mol. The van der Waals surface area contributed by atoms with Gasteiger partial charge in [0.15, 0.2) is 5.75 Å². The first kappa shape index (κ1) is 25.4. The van der Waals surface area contributed by atoms with Crippen molar-refractivity contribution >= 4 is 36.8 Å². The summed E-state index contributed by atoms with van der Waals surface area (Å²) in [6, 6.07) is 8.99. The van der Waals surface area contributed by atoms with Gasteiger partial charge in [-0.25, -0.2) is 4.57 Å². The number of nitrogens with zero attached hydrogens (tertiary/aromatic N) is 2. The van der Waals surface area contributed by atoms with Gasteiger partial charge in [0.1, 0.15) is 5.76 Å². The van der Waals surface area contributed by atoms with Crippen LogP contribution in [-0.2, 0) is 18.3 Å². The van der Waals surface area contributed by atoms with Crippen molar-refractivity contribution in [2.75, 3.05) is 20.3 Å². The molecule has 4 aliphatic rings. The molecule has 34 heavy (non-hydrogen) atoms. The number of phosphoric ester groups is 1. The van der Waals surface area contributed by atoms with Crippen LogP contribution in [0.2, 0.25) is 5.02 Å². The molecule has 1 aromatic carbocycles. The highest BCUT2D eigenvalue weighted by Crippen LogP contribution is 2.62. The van der Waals surface area contributed by atoms with Gasteiger partial charge in [-0.05, 0) is 73.6 Å². The van der Waals surface area contributed by atoms with Crippen LogP contribution in [0.3, 0.4) is 0 Å². The first-order valence-electron chi connectivity index (χ1n) is 11.4. The molecular formula is C24H27Cl2N2O5P. The molecule has 4 saturated carbocycles. The number of hydrogen-bond acceptors (Lipinski definition) is 7. The fraction of sp³-hybridized carbons (Fsp3) is 0.583. The van der Waals surface area contributed by atoms with Gasteiger partial charge in [0.05, 0.1) is 50.3 Å². The Hall–Kier alpha value is -1.73. The van der Waals surface area contributed by atoms with E-state index in [1.54, 1.807) is 19.2 Å². The number of alkyl halides is 1. The standard InChI is InChI=1S/C24H27Cl2N2O5P/c1-30-23(22-18-10-16-11-19(22)15-24(26,13-16)14-18)17-4-5-20(25)21(12-17)33-34(29,31-8-2-6-27)32-9-3-7-28/h4-5,12,16,18-19H,2-3,8-11,13-15H2,1H3. The topological polar surface area (TPSA) is 102 Å². The Balaban J connectivity index is 1.63. The molecule has 0 heterocycles. The summed E-state index contributed by atoms with van der Waals surface area (Å²) < 4.78 is 35.3. The highest BCUT2D eigenvalue weighted by atomic mass is 35.5. The number of nitriles is 2. The van der Waals surface area contributed by atoms with Crippen molar-refractivity contribution in [3.8, 4) is 17.9 Å². The fourth-order valence-electron chi connectivity index (χ4n) is 5.80. The number of ether oxygens (including phenoxy) is 1. The lowest BCUT2D eigenvalue weighted by molar-refractivity contribution is 0.0843. The molecule has 0 radical (unpaired) electrons. The van der Waals surface area contributed by atoms with E-state index in [-0.39, 0.29) is 41.7 Å². The lowest BCUT2D eigenvalue weighted by Crippen LogP contribution is -2.48. The zero-order valence-corrected chi connectivity index (χ0v) is 21.4. The predicted octanol–water partition coefficient (Wildman–Crippen LogP) is 6.86. The van der Waals surface area contributed by atoms with Crippen LogP contribution in [0.1, 0.15) is 50.5 Å². The average molecular weight is 525 g/mol. The first-order valence-corrected chi connectivity index (χ1v) is 13.6. The minimum atomic E-state index is -4.11. The van der Waals surface area contributed by atoms with Crippen LogP contribution in [0, 0.1) is 40.4 Å². The second-order valence-electron chi connectivity index (χ2n) is 9.15. The Bertz CT molecular complexity index is 1050. The Labute approximate surface area is 210 Å². The van der Waals surface area contributed by atoms with E-state index in [1.165, 1.54) is 5.57 Å². The third-order valence-corrected chi connectivity index (χ3v) is 8.98. The summed E-state index contributed by atoms with van der Waals surface area (Å²) in [6.07, 6.45) is 5.27. The molecule has 1 aromatic rings. The number of rotatable bonds is 10. The van der Waals surface area contributed by atoms with Crippen molar-refractivity contribution in [1.82, 2.24) is 0 Å². The number of hydrogen-bond donors (Lipinski definition) is 0. The van der Waals surface area contributed by atoms with Crippen LogP contribution >= 0.6 is 31.0 Å². The van der Waals surface area contributed by atoms with Crippen molar-refractivity contribution < 1.29 is 22.9 Å². The zero-order chi connectivity index (χ0) is 24.3. The van der Waals surface area contributed by atoms with Crippen LogP contribution < -0.4 is 4.52 Å². The predicted molar refractivity (Wildman–Crippen MR) is 128 cm³/mol. The molecule has 2 unspecified atom stereocenters. The molecular weight excluding hydrogens is 498 g/mol. The largest absolute Gasteiger partial charge is 0.530 e. The van der Waals surface area contributed by atoms with E-state index in [1.807, 2.05) is 18.2 Å². The van der Waals surface area contributed by atoms with Crippen LogP contribution in [-0.4, -0.2) is 25.2 Å². The van der Waals surface area contributed by atoms with E-state index in [0.717, 1.165) is 43.4 Å². The van der Waals surface area contributed by atoms with Crippen LogP contribution in [0.15, 0.2) is 23.8 Å². The summed E-state index contributed by atoms with van der Waals surface area (Å²) in [5.41, 5.74) is 2.05. The Morgan fingerprint density at radius 3 is 2.26 bits per heavy atom. The van der Waals surface area contributed by atoms with Gasteiger partial charge in [0, 0.05) is 10.4 Å². The summed E-state index contributed by atoms with van der Waals surface area (Å²) >= 11 is 13.3. The van der Waals surface area contributed by atoms with Crippen molar-refractivity contribution in [2.24, 2.45) is 17.8 Å². The first-order chi connectivity index (χ1) is 16.3. The number of phosphoric acid groups is 1. The molecule has 0 saturated heterocycles. The van der Waals surface area contributed by atoms with Gasteiger partial charge in [0.2, 0.25) is 0 Å². The summed E-state index contributed by atoms with van der Waals surface area (Å²) in [5.74, 6) is 2.33. The van der Waals surface area contributed by atoms with Crippen molar-refractivity contribution in [2.45, 2.75) is 49.8 Å². The summed E-state index contributed by atoms with van der Waals surface area (Å²) in [4.78, 5) is -0.0959. The van der Waals surface area contributed by atoms with Gasteiger partial charge in [-0.2, -0.15) is 10.5 Å².